The molecule has 3 nitrogen and oxygen atoms in total. The lowest BCUT2D eigenvalue weighted by molar-refractivity contribution is 0.282. The van der Waals surface area contributed by atoms with Crippen LogP contribution < -0.4 is 4.74 Å². The van der Waals surface area contributed by atoms with E-state index in [1.165, 1.54) is 5.39 Å². The zero-order chi connectivity index (χ0) is 14.5. The third-order valence-electron chi connectivity index (χ3n) is 3.60. The van der Waals surface area contributed by atoms with Gasteiger partial charge >= 0.3 is 0 Å². The number of fused-ring (bicyclic) bond motifs is 1. The number of rotatable bonds is 6. The van der Waals surface area contributed by atoms with Crippen LogP contribution in [-0.2, 0) is 13.2 Å². The summed E-state index contributed by atoms with van der Waals surface area (Å²) in [6.07, 6.45) is 3.00. The molecule has 2 aromatic carbocycles. The standard InChI is InChI=1S/C18H19NO2/c20-14-16-7-4-6-15-10-12-19(18(15)16)11-5-13-21-17-8-2-1-3-9-17/h1-4,6-10,12,20H,5,11,13-14H2. The van der Waals surface area contributed by atoms with Crippen molar-refractivity contribution in [3.8, 4) is 5.75 Å². The summed E-state index contributed by atoms with van der Waals surface area (Å²) in [4.78, 5) is 0. The minimum absolute atomic E-state index is 0.0713. The second-order valence-electron chi connectivity index (χ2n) is 5.04. The molecule has 1 N–H and O–H groups in total. The molecule has 0 spiro atoms. The Morgan fingerprint density at radius 2 is 1.81 bits per heavy atom. The van der Waals surface area contributed by atoms with Gasteiger partial charge in [0.15, 0.2) is 0 Å². The van der Waals surface area contributed by atoms with E-state index < -0.39 is 0 Å². The molecule has 0 amide bonds. The Morgan fingerprint density at radius 3 is 2.62 bits per heavy atom. The quantitative estimate of drug-likeness (QED) is 0.700. The Morgan fingerprint density at radius 1 is 0.952 bits per heavy atom. The lowest BCUT2D eigenvalue weighted by Gasteiger charge is -2.09. The van der Waals surface area contributed by atoms with Crippen LogP contribution in [0.25, 0.3) is 10.9 Å². The van der Waals surface area contributed by atoms with Gasteiger partial charge in [0.05, 0.1) is 18.7 Å². The Hall–Kier alpha value is -2.26. The maximum absolute atomic E-state index is 9.46. The third kappa shape index (κ3) is 3.09. The highest BCUT2D eigenvalue weighted by atomic mass is 16.5. The van der Waals surface area contributed by atoms with Gasteiger partial charge in [-0.2, -0.15) is 0 Å². The molecule has 0 atom stereocenters. The van der Waals surface area contributed by atoms with Gasteiger partial charge in [0.1, 0.15) is 5.75 Å². The fraction of sp³-hybridized carbons (Fsp3) is 0.222. The summed E-state index contributed by atoms with van der Waals surface area (Å²) in [5.74, 6) is 0.908. The van der Waals surface area contributed by atoms with Gasteiger partial charge in [-0.25, -0.2) is 0 Å². The largest absolute Gasteiger partial charge is 0.494 e. The van der Waals surface area contributed by atoms with Crippen LogP contribution in [0.15, 0.2) is 60.8 Å². The van der Waals surface area contributed by atoms with Crippen LogP contribution in [0, 0.1) is 0 Å². The van der Waals surface area contributed by atoms with Crippen LogP contribution in [0.1, 0.15) is 12.0 Å². The number of ether oxygens (including phenoxy) is 1. The van der Waals surface area contributed by atoms with Gasteiger partial charge in [0.2, 0.25) is 0 Å². The number of aliphatic hydroxyl groups is 1. The zero-order valence-corrected chi connectivity index (χ0v) is 11.9. The molecule has 0 unspecified atom stereocenters. The highest BCUT2D eigenvalue weighted by Crippen LogP contribution is 2.21. The molecule has 0 aliphatic carbocycles. The lowest BCUT2D eigenvalue weighted by Crippen LogP contribution is -2.04. The molecule has 108 valence electrons. The SMILES string of the molecule is OCc1cccc2ccn(CCCOc3ccccc3)c12. The predicted octanol–water partition coefficient (Wildman–Crippen LogP) is 3.60. The first kappa shape index (κ1) is 13.7. The fourth-order valence-electron chi connectivity index (χ4n) is 2.60. The predicted molar refractivity (Wildman–Crippen MR) is 84.4 cm³/mol. The lowest BCUT2D eigenvalue weighted by atomic mass is 10.1. The van der Waals surface area contributed by atoms with Crippen LogP contribution in [0.2, 0.25) is 0 Å². The monoisotopic (exact) mass is 281 g/mol. The second kappa shape index (κ2) is 6.46. The normalized spacial score (nSPS) is 10.9. The molecule has 3 aromatic rings. The number of hydrogen-bond donors (Lipinski definition) is 1. The topological polar surface area (TPSA) is 34.4 Å². The number of aryl methyl sites for hydroxylation is 1. The van der Waals surface area contributed by atoms with Crippen molar-refractivity contribution in [2.45, 2.75) is 19.6 Å². The summed E-state index contributed by atoms with van der Waals surface area (Å²) < 4.78 is 7.90. The summed E-state index contributed by atoms with van der Waals surface area (Å²) in [6.45, 7) is 1.64. The van der Waals surface area contributed by atoms with Gasteiger partial charge in [-0.05, 0) is 30.0 Å². The Balaban J connectivity index is 1.63. The number of aliphatic hydroxyl groups excluding tert-OH is 1. The van der Waals surface area contributed by atoms with Gasteiger partial charge in [0.25, 0.3) is 0 Å². The van der Waals surface area contributed by atoms with Gasteiger partial charge < -0.3 is 14.4 Å². The smallest absolute Gasteiger partial charge is 0.119 e. The Bertz CT molecular complexity index is 704. The minimum Gasteiger partial charge on any atom is -0.494 e. The molecule has 3 heteroatoms. The first-order valence-electron chi connectivity index (χ1n) is 7.24. The molecule has 0 fully saturated rings. The van der Waals surface area contributed by atoms with Crippen molar-refractivity contribution >= 4 is 10.9 Å². The van der Waals surface area contributed by atoms with Crippen LogP contribution in [-0.4, -0.2) is 16.3 Å². The van der Waals surface area contributed by atoms with E-state index in [9.17, 15) is 5.11 Å². The maximum Gasteiger partial charge on any atom is 0.119 e. The number of hydrogen-bond acceptors (Lipinski definition) is 2. The van der Waals surface area contributed by atoms with Crippen molar-refractivity contribution in [3.05, 3.63) is 66.4 Å². The van der Waals surface area contributed by atoms with E-state index in [0.29, 0.717) is 6.61 Å². The van der Waals surface area contributed by atoms with Crippen molar-refractivity contribution < 1.29 is 9.84 Å². The van der Waals surface area contributed by atoms with Crippen molar-refractivity contribution in [1.29, 1.82) is 0 Å². The molecule has 1 aromatic heterocycles. The fourth-order valence-corrected chi connectivity index (χ4v) is 2.60. The minimum atomic E-state index is 0.0713. The van der Waals surface area contributed by atoms with E-state index in [1.807, 2.05) is 42.5 Å². The number of benzene rings is 2. The van der Waals surface area contributed by atoms with Crippen molar-refractivity contribution in [2.75, 3.05) is 6.61 Å². The number of para-hydroxylation sites is 2. The Kier molecular flexibility index (Phi) is 4.22. The van der Waals surface area contributed by atoms with Gasteiger partial charge in [-0.15, -0.1) is 0 Å². The summed E-state index contributed by atoms with van der Waals surface area (Å²) in [6, 6.07) is 18.0. The molecule has 21 heavy (non-hydrogen) atoms. The van der Waals surface area contributed by atoms with E-state index in [0.717, 1.165) is 29.8 Å². The van der Waals surface area contributed by atoms with Crippen LogP contribution in [0.5, 0.6) is 5.75 Å². The summed E-state index contributed by atoms with van der Waals surface area (Å²) in [5.41, 5.74) is 2.10. The molecule has 1 heterocycles. The molecular weight excluding hydrogens is 262 g/mol. The summed E-state index contributed by atoms with van der Waals surface area (Å²) >= 11 is 0. The van der Waals surface area contributed by atoms with E-state index in [2.05, 4.69) is 22.9 Å². The zero-order valence-electron chi connectivity index (χ0n) is 11.9. The molecule has 0 saturated carbocycles. The molecular formula is C18H19NO2. The van der Waals surface area contributed by atoms with Crippen LogP contribution >= 0.6 is 0 Å². The molecule has 0 bridgehead atoms. The average molecular weight is 281 g/mol. The number of nitrogens with zero attached hydrogens (tertiary/aromatic N) is 1. The molecule has 0 radical (unpaired) electrons. The number of aromatic nitrogens is 1. The maximum atomic E-state index is 9.46. The van der Waals surface area contributed by atoms with E-state index in [1.54, 1.807) is 0 Å². The molecule has 3 rings (SSSR count). The highest BCUT2D eigenvalue weighted by molar-refractivity contribution is 5.83. The first-order chi connectivity index (χ1) is 10.4. The first-order valence-corrected chi connectivity index (χ1v) is 7.24. The Labute approximate surface area is 124 Å². The van der Waals surface area contributed by atoms with Gasteiger partial charge in [-0.1, -0.05) is 36.4 Å². The summed E-state index contributed by atoms with van der Waals surface area (Å²) in [5, 5.41) is 10.6. The molecule has 0 saturated heterocycles. The van der Waals surface area contributed by atoms with Crippen molar-refractivity contribution in [1.82, 2.24) is 4.57 Å². The van der Waals surface area contributed by atoms with E-state index >= 15 is 0 Å². The molecule has 0 aliphatic heterocycles. The van der Waals surface area contributed by atoms with E-state index in [-0.39, 0.29) is 6.61 Å². The third-order valence-corrected chi connectivity index (χ3v) is 3.60. The highest BCUT2D eigenvalue weighted by Gasteiger charge is 2.05. The van der Waals surface area contributed by atoms with Gasteiger partial charge in [-0.3, -0.25) is 0 Å². The van der Waals surface area contributed by atoms with Gasteiger partial charge in [0, 0.05) is 18.3 Å². The summed E-state index contributed by atoms with van der Waals surface area (Å²) in [7, 11) is 0. The average Bonchev–Trinajstić information content (AvgIpc) is 2.96. The van der Waals surface area contributed by atoms with Crippen molar-refractivity contribution in [3.63, 3.8) is 0 Å². The van der Waals surface area contributed by atoms with Crippen LogP contribution in [0.4, 0.5) is 0 Å². The molecule has 0 aliphatic rings. The van der Waals surface area contributed by atoms with E-state index in [4.69, 9.17) is 4.74 Å². The van der Waals surface area contributed by atoms with Crippen LogP contribution in [0.3, 0.4) is 0 Å². The van der Waals surface area contributed by atoms with Crippen molar-refractivity contribution in [2.24, 2.45) is 0 Å². The second-order valence-corrected chi connectivity index (χ2v) is 5.04.